The number of ether oxygens (including phenoxy) is 1. The van der Waals surface area contributed by atoms with Crippen molar-refractivity contribution in [3.05, 3.63) is 34.9 Å². The number of piperidine rings is 1. The third-order valence-corrected chi connectivity index (χ3v) is 6.72. The largest absolute Gasteiger partial charge is 0.377 e. The second-order valence-corrected chi connectivity index (χ2v) is 8.86. The van der Waals surface area contributed by atoms with E-state index in [9.17, 15) is 24.0 Å². The summed E-state index contributed by atoms with van der Waals surface area (Å²) in [5, 5.41) is 8.71. The molecule has 1 aromatic carbocycles. The first-order valence-corrected chi connectivity index (χ1v) is 11.0. The second-order valence-electron chi connectivity index (χ2n) is 8.86. The van der Waals surface area contributed by atoms with Crippen molar-refractivity contribution < 1.29 is 28.7 Å². The maximum Gasteiger partial charge on any atom is 0.262 e. The summed E-state index contributed by atoms with van der Waals surface area (Å²) in [4.78, 5) is 64.6. The number of amides is 5. The van der Waals surface area contributed by atoms with Crippen LogP contribution >= 0.6 is 0 Å². The number of nitrogens with one attached hydrogen (secondary N) is 3. The Bertz CT molecular complexity index is 1050. The number of imide groups is 2. The Hall–Kier alpha value is -3.15. The number of rotatable bonds is 5. The van der Waals surface area contributed by atoms with E-state index in [0.29, 0.717) is 45.9 Å². The molecule has 0 spiro atoms. The van der Waals surface area contributed by atoms with Crippen molar-refractivity contribution in [2.45, 2.75) is 31.0 Å². The van der Waals surface area contributed by atoms with Crippen molar-refractivity contribution in [3.63, 3.8) is 0 Å². The van der Waals surface area contributed by atoms with Crippen LogP contribution in [0.4, 0.5) is 0 Å². The summed E-state index contributed by atoms with van der Waals surface area (Å²) in [6, 6.07) is 4.04. The molecule has 174 valence electrons. The van der Waals surface area contributed by atoms with E-state index in [2.05, 4.69) is 16.0 Å². The zero-order valence-corrected chi connectivity index (χ0v) is 18.0. The molecular weight excluding hydrogens is 430 g/mol. The molecule has 33 heavy (non-hydrogen) atoms. The molecule has 0 saturated carbocycles. The summed E-state index contributed by atoms with van der Waals surface area (Å²) in [5.74, 6) is -2.03. The fraction of sp³-hybridized carbons (Fsp3) is 0.500. The molecule has 0 bridgehead atoms. The van der Waals surface area contributed by atoms with Gasteiger partial charge in [-0.05, 0) is 24.1 Å². The lowest BCUT2D eigenvalue weighted by Crippen LogP contribution is -2.71. The highest BCUT2D eigenvalue weighted by Gasteiger charge is 2.46. The third kappa shape index (κ3) is 3.71. The Kier molecular flexibility index (Phi) is 5.47. The first-order valence-electron chi connectivity index (χ1n) is 11.0. The van der Waals surface area contributed by atoms with Gasteiger partial charge in [-0.15, -0.1) is 0 Å². The lowest BCUT2D eigenvalue weighted by Gasteiger charge is -2.50. The zero-order chi connectivity index (χ0) is 23.2. The van der Waals surface area contributed by atoms with E-state index in [-0.39, 0.29) is 29.9 Å². The molecule has 4 heterocycles. The molecule has 4 aliphatic heterocycles. The van der Waals surface area contributed by atoms with Crippen molar-refractivity contribution in [1.29, 1.82) is 0 Å². The number of benzene rings is 1. The molecular formula is C22H25N5O6. The molecule has 11 heteroatoms. The van der Waals surface area contributed by atoms with Crippen LogP contribution in [0.2, 0.25) is 0 Å². The lowest BCUT2D eigenvalue weighted by atomic mass is 9.93. The Morgan fingerprint density at radius 2 is 1.94 bits per heavy atom. The molecule has 3 fully saturated rings. The average molecular weight is 455 g/mol. The minimum Gasteiger partial charge on any atom is -0.377 e. The van der Waals surface area contributed by atoms with Crippen LogP contribution in [0.25, 0.3) is 0 Å². The van der Waals surface area contributed by atoms with Gasteiger partial charge in [-0.2, -0.15) is 0 Å². The first-order chi connectivity index (χ1) is 15.9. The van der Waals surface area contributed by atoms with E-state index in [1.807, 2.05) is 4.90 Å². The number of carbonyl (C=O) groups is 5. The van der Waals surface area contributed by atoms with E-state index in [1.165, 1.54) is 0 Å². The van der Waals surface area contributed by atoms with Gasteiger partial charge < -0.3 is 20.3 Å². The molecule has 11 nitrogen and oxygen atoms in total. The maximum atomic E-state index is 13.0. The van der Waals surface area contributed by atoms with Crippen molar-refractivity contribution in [1.82, 2.24) is 25.8 Å². The molecule has 2 atom stereocenters. The Balaban J connectivity index is 1.28. The highest BCUT2D eigenvalue weighted by Crippen LogP contribution is 2.28. The zero-order valence-electron chi connectivity index (χ0n) is 18.0. The minimum atomic E-state index is -0.982. The Labute approximate surface area is 189 Å². The summed E-state index contributed by atoms with van der Waals surface area (Å²) < 4.78 is 5.65. The van der Waals surface area contributed by atoms with Gasteiger partial charge in [0.1, 0.15) is 6.04 Å². The fourth-order valence-corrected chi connectivity index (χ4v) is 5.04. The predicted molar refractivity (Wildman–Crippen MR) is 113 cm³/mol. The highest BCUT2D eigenvalue weighted by atomic mass is 16.5. The number of piperazine rings is 1. The summed E-state index contributed by atoms with van der Waals surface area (Å²) in [7, 11) is 0. The number of morpholine rings is 1. The van der Waals surface area contributed by atoms with Crippen molar-refractivity contribution >= 4 is 29.5 Å². The summed E-state index contributed by atoms with van der Waals surface area (Å²) in [6.07, 6.45) is 0.205. The van der Waals surface area contributed by atoms with Gasteiger partial charge in [-0.3, -0.25) is 34.2 Å². The van der Waals surface area contributed by atoms with E-state index >= 15 is 0 Å². The molecule has 0 aliphatic carbocycles. The van der Waals surface area contributed by atoms with Gasteiger partial charge >= 0.3 is 0 Å². The minimum absolute atomic E-state index is 0.0570. The molecule has 2 unspecified atom stereocenters. The Morgan fingerprint density at radius 3 is 2.76 bits per heavy atom. The number of carbonyl (C=O) groups excluding carboxylic acids is 5. The van der Waals surface area contributed by atoms with Crippen LogP contribution in [-0.2, 0) is 25.7 Å². The lowest BCUT2D eigenvalue weighted by molar-refractivity contribution is -0.153. The quantitative estimate of drug-likeness (QED) is 0.451. The van der Waals surface area contributed by atoms with Crippen LogP contribution in [-0.4, -0.2) is 90.3 Å². The molecule has 0 radical (unpaired) electrons. The number of nitrogens with zero attached hydrogens (tertiary/aromatic N) is 2. The SMILES string of the molecule is O=C1CCC(N2C(=O)c3ccc(CNCC45CNCC(=O)N4CCOC5)cc3C2=O)C(=O)N1. The Morgan fingerprint density at radius 1 is 1.12 bits per heavy atom. The van der Waals surface area contributed by atoms with Crippen LogP contribution in [0.1, 0.15) is 39.1 Å². The van der Waals surface area contributed by atoms with Gasteiger partial charge in [0.05, 0.1) is 36.4 Å². The molecule has 3 saturated heterocycles. The first kappa shape index (κ1) is 21.7. The molecule has 0 aromatic heterocycles. The maximum absolute atomic E-state index is 13.0. The van der Waals surface area contributed by atoms with Crippen LogP contribution < -0.4 is 16.0 Å². The fourth-order valence-electron chi connectivity index (χ4n) is 5.04. The second kappa shape index (κ2) is 8.32. The molecule has 5 rings (SSSR count). The van der Waals surface area contributed by atoms with E-state index < -0.39 is 35.2 Å². The van der Waals surface area contributed by atoms with Gasteiger partial charge in [0.15, 0.2) is 0 Å². The van der Waals surface area contributed by atoms with Gasteiger partial charge in [0.25, 0.3) is 11.8 Å². The molecule has 4 aliphatic rings. The van der Waals surface area contributed by atoms with Gasteiger partial charge in [-0.25, -0.2) is 0 Å². The highest BCUT2D eigenvalue weighted by molar-refractivity contribution is 6.23. The third-order valence-electron chi connectivity index (χ3n) is 6.72. The number of hydrogen-bond acceptors (Lipinski definition) is 8. The summed E-state index contributed by atoms with van der Waals surface area (Å²) in [6.45, 7) is 3.42. The van der Waals surface area contributed by atoms with Crippen LogP contribution in [0.15, 0.2) is 18.2 Å². The van der Waals surface area contributed by atoms with Crippen LogP contribution in [0, 0.1) is 0 Å². The normalized spacial score (nSPS) is 27.5. The van der Waals surface area contributed by atoms with Gasteiger partial charge in [0.2, 0.25) is 17.7 Å². The van der Waals surface area contributed by atoms with Gasteiger partial charge in [-0.1, -0.05) is 6.07 Å². The van der Waals surface area contributed by atoms with Crippen molar-refractivity contribution in [2.24, 2.45) is 0 Å². The van der Waals surface area contributed by atoms with Crippen LogP contribution in [0.3, 0.4) is 0 Å². The summed E-state index contributed by atoms with van der Waals surface area (Å²) in [5.41, 5.74) is 0.841. The molecule has 5 amide bonds. The standard InChI is InChI=1S/C22H25N5O6/c28-17-4-3-16(19(30)25-17)27-20(31)14-2-1-13(7-15(14)21(27)32)8-23-10-22-11-24-9-18(29)26(22)5-6-33-12-22/h1-2,7,16,23-24H,3-6,8-12H2,(H,25,28,30). The number of hydrogen-bond donors (Lipinski definition) is 3. The van der Waals surface area contributed by atoms with Gasteiger partial charge in [0, 0.05) is 32.6 Å². The molecule has 3 N–H and O–H groups in total. The predicted octanol–water partition coefficient (Wildman–Crippen LogP) is -1.62. The van der Waals surface area contributed by atoms with Crippen LogP contribution in [0.5, 0.6) is 0 Å². The topological polar surface area (TPSA) is 137 Å². The summed E-state index contributed by atoms with van der Waals surface area (Å²) >= 11 is 0. The van der Waals surface area contributed by atoms with Crippen molar-refractivity contribution in [3.8, 4) is 0 Å². The molecule has 1 aromatic rings. The van der Waals surface area contributed by atoms with E-state index in [1.54, 1.807) is 18.2 Å². The van der Waals surface area contributed by atoms with E-state index in [0.717, 1.165) is 10.5 Å². The van der Waals surface area contributed by atoms with Crippen molar-refractivity contribution in [2.75, 3.05) is 39.4 Å². The smallest absolute Gasteiger partial charge is 0.262 e. The average Bonchev–Trinajstić information content (AvgIpc) is 3.04. The number of fused-ring (bicyclic) bond motifs is 2. The van der Waals surface area contributed by atoms with E-state index in [4.69, 9.17) is 4.74 Å². The monoisotopic (exact) mass is 455 g/mol.